The maximum atomic E-state index is 5.32. The van der Waals surface area contributed by atoms with Crippen LogP contribution in [-0.2, 0) is 0 Å². The number of hydrogen-bond donors (Lipinski definition) is 0. The summed E-state index contributed by atoms with van der Waals surface area (Å²) in [6.45, 7) is 1.98. The molecule has 0 unspecified atom stereocenters. The van der Waals surface area contributed by atoms with Crippen molar-refractivity contribution in [2.24, 2.45) is 0 Å². The molecule has 0 aliphatic rings. The highest BCUT2D eigenvalue weighted by Crippen LogP contribution is 2.34. The molecule has 0 N–H and O–H groups in total. The van der Waals surface area contributed by atoms with Crippen molar-refractivity contribution in [3.05, 3.63) is 29.3 Å². The number of benzene rings is 1. The van der Waals surface area contributed by atoms with Gasteiger partial charge in [0.2, 0.25) is 0 Å². The van der Waals surface area contributed by atoms with Gasteiger partial charge in [-0.15, -0.1) is 11.3 Å². The molecule has 3 nitrogen and oxygen atoms in total. The van der Waals surface area contributed by atoms with E-state index in [1.165, 1.54) is 0 Å². The lowest BCUT2D eigenvalue weighted by Gasteiger charge is -2.07. The van der Waals surface area contributed by atoms with Crippen LogP contribution in [0.2, 0.25) is 0 Å². The minimum Gasteiger partial charge on any atom is -0.497 e. The standard InChI is InChI=1S/C12H13NO2S/c1-8-7-16-12(13-8)10-6-9(14-2)4-5-11(10)15-3/h4-7H,1-3H3. The van der Waals surface area contributed by atoms with Crippen molar-refractivity contribution in [1.82, 2.24) is 4.98 Å². The third-order valence-corrected chi connectivity index (χ3v) is 3.25. The molecule has 0 bridgehead atoms. The van der Waals surface area contributed by atoms with E-state index in [4.69, 9.17) is 9.47 Å². The third kappa shape index (κ3) is 2.02. The van der Waals surface area contributed by atoms with Gasteiger partial charge in [-0.1, -0.05) is 0 Å². The first-order chi connectivity index (χ1) is 7.74. The summed E-state index contributed by atoms with van der Waals surface area (Å²) in [4.78, 5) is 4.45. The first-order valence-electron chi connectivity index (χ1n) is 4.89. The number of hydrogen-bond acceptors (Lipinski definition) is 4. The van der Waals surface area contributed by atoms with Crippen LogP contribution in [0.4, 0.5) is 0 Å². The third-order valence-electron chi connectivity index (χ3n) is 2.26. The van der Waals surface area contributed by atoms with Crippen LogP contribution >= 0.6 is 11.3 Å². The minimum atomic E-state index is 0.809. The number of nitrogens with zero attached hydrogens (tertiary/aromatic N) is 1. The number of aromatic nitrogens is 1. The number of aryl methyl sites for hydroxylation is 1. The molecule has 2 aromatic rings. The molecule has 1 aromatic carbocycles. The lowest BCUT2D eigenvalue weighted by atomic mass is 10.2. The summed E-state index contributed by atoms with van der Waals surface area (Å²) in [6, 6.07) is 5.71. The molecule has 0 fully saturated rings. The maximum absolute atomic E-state index is 5.32. The molecule has 16 heavy (non-hydrogen) atoms. The fourth-order valence-electron chi connectivity index (χ4n) is 1.46. The highest BCUT2D eigenvalue weighted by atomic mass is 32.1. The first-order valence-corrected chi connectivity index (χ1v) is 5.77. The quantitative estimate of drug-likeness (QED) is 0.819. The lowest BCUT2D eigenvalue weighted by molar-refractivity contribution is 0.404. The summed E-state index contributed by atoms with van der Waals surface area (Å²) < 4.78 is 10.5. The molecule has 0 atom stereocenters. The van der Waals surface area contributed by atoms with Crippen LogP contribution in [0.25, 0.3) is 10.6 Å². The van der Waals surface area contributed by atoms with E-state index >= 15 is 0 Å². The highest BCUT2D eigenvalue weighted by Gasteiger charge is 2.10. The van der Waals surface area contributed by atoms with E-state index in [2.05, 4.69) is 4.98 Å². The monoisotopic (exact) mass is 235 g/mol. The number of ether oxygens (including phenoxy) is 2. The molecule has 0 spiro atoms. The van der Waals surface area contributed by atoms with Gasteiger partial charge in [-0.25, -0.2) is 4.98 Å². The first kappa shape index (κ1) is 11.0. The van der Waals surface area contributed by atoms with E-state index in [0.717, 1.165) is 27.8 Å². The van der Waals surface area contributed by atoms with Crippen LogP contribution in [0, 0.1) is 6.92 Å². The number of methoxy groups -OCH3 is 2. The fraction of sp³-hybridized carbons (Fsp3) is 0.250. The van der Waals surface area contributed by atoms with Crippen molar-refractivity contribution in [3.8, 4) is 22.1 Å². The summed E-state index contributed by atoms with van der Waals surface area (Å²) in [7, 11) is 3.31. The van der Waals surface area contributed by atoms with Gasteiger partial charge in [0, 0.05) is 11.1 Å². The maximum Gasteiger partial charge on any atom is 0.129 e. The van der Waals surface area contributed by atoms with Crippen molar-refractivity contribution in [2.75, 3.05) is 14.2 Å². The molecule has 1 heterocycles. The van der Waals surface area contributed by atoms with E-state index in [0.29, 0.717) is 0 Å². The second-order valence-electron chi connectivity index (χ2n) is 3.36. The Labute approximate surface area is 98.7 Å². The Hall–Kier alpha value is -1.55. The van der Waals surface area contributed by atoms with Crippen LogP contribution in [0.5, 0.6) is 11.5 Å². The predicted octanol–water partition coefficient (Wildman–Crippen LogP) is 3.14. The van der Waals surface area contributed by atoms with Gasteiger partial charge in [0.15, 0.2) is 0 Å². The molecule has 0 radical (unpaired) electrons. The fourth-order valence-corrected chi connectivity index (χ4v) is 2.28. The van der Waals surface area contributed by atoms with Crippen LogP contribution in [0.1, 0.15) is 5.69 Å². The van der Waals surface area contributed by atoms with Crippen LogP contribution in [-0.4, -0.2) is 19.2 Å². The zero-order valence-corrected chi connectivity index (χ0v) is 10.3. The Morgan fingerprint density at radius 2 is 2.00 bits per heavy atom. The smallest absolute Gasteiger partial charge is 0.129 e. The highest BCUT2D eigenvalue weighted by molar-refractivity contribution is 7.13. The van der Waals surface area contributed by atoms with E-state index in [-0.39, 0.29) is 0 Å². The summed E-state index contributed by atoms with van der Waals surface area (Å²) >= 11 is 1.60. The van der Waals surface area contributed by atoms with Crippen molar-refractivity contribution in [2.45, 2.75) is 6.92 Å². The predicted molar refractivity (Wildman–Crippen MR) is 65.4 cm³/mol. The summed E-state index contributed by atoms with van der Waals surface area (Å²) in [5.74, 6) is 1.62. The van der Waals surface area contributed by atoms with Crippen LogP contribution < -0.4 is 9.47 Å². The number of thiazole rings is 1. The Bertz CT molecular complexity index is 494. The largest absolute Gasteiger partial charge is 0.497 e. The van der Waals surface area contributed by atoms with Gasteiger partial charge in [0.25, 0.3) is 0 Å². The van der Waals surface area contributed by atoms with Crippen LogP contribution in [0.3, 0.4) is 0 Å². The average molecular weight is 235 g/mol. The van der Waals surface area contributed by atoms with E-state index in [1.54, 1.807) is 25.6 Å². The Morgan fingerprint density at radius 3 is 2.56 bits per heavy atom. The molecule has 4 heteroatoms. The summed E-state index contributed by atoms with van der Waals surface area (Å²) in [5, 5.41) is 2.97. The van der Waals surface area contributed by atoms with Crippen LogP contribution in [0.15, 0.2) is 23.6 Å². The van der Waals surface area contributed by atoms with Crippen molar-refractivity contribution < 1.29 is 9.47 Å². The van der Waals surface area contributed by atoms with Gasteiger partial charge in [-0.05, 0) is 25.1 Å². The molecule has 0 aliphatic heterocycles. The molecule has 0 saturated heterocycles. The van der Waals surface area contributed by atoms with Crippen molar-refractivity contribution in [3.63, 3.8) is 0 Å². The summed E-state index contributed by atoms with van der Waals surface area (Å²) in [6.07, 6.45) is 0. The van der Waals surface area contributed by atoms with Crippen molar-refractivity contribution in [1.29, 1.82) is 0 Å². The van der Waals surface area contributed by atoms with Gasteiger partial charge < -0.3 is 9.47 Å². The molecular formula is C12H13NO2S. The molecule has 0 saturated carbocycles. The van der Waals surface area contributed by atoms with Gasteiger partial charge in [0.05, 0.1) is 19.8 Å². The van der Waals surface area contributed by atoms with Gasteiger partial charge in [-0.2, -0.15) is 0 Å². The zero-order valence-electron chi connectivity index (χ0n) is 9.48. The Balaban J connectivity index is 2.52. The van der Waals surface area contributed by atoms with E-state index in [9.17, 15) is 0 Å². The lowest BCUT2D eigenvalue weighted by Crippen LogP contribution is -1.90. The van der Waals surface area contributed by atoms with E-state index < -0.39 is 0 Å². The van der Waals surface area contributed by atoms with Crippen molar-refractivity contribution >= 4 is 11.3 Å². The molecule has 0 aliphatic carbocycles. The molecular weight excluding hydrogens is 222 g/mol. The van der Waals surface area contributed by atoms with Gasteiger partial charge >= 0.3 is 0 Å². The zero-order chi connectivity index (χ0) is 11.5. The molecule has 2 rings (SSSR count). The minimum absolute atomic E-state index is 0.809. The Kier molecular flexibility index (Phi) is 3.10. The van der Waals surface area contributed by atoms with E-state index in [1.807, 2.05) is 30.5 Å². The molecule has 1 aromatic heterocycles. The van der Waals surface area contributed by atoms with Gasteiger partial charge in [0.1, 0.15) is 16.5 Å². The Morgan fingerprint density at radius 1 is 1.19 bits per heavy atom. The normalized spacial score (nSPS) is 10.2. The second-order valence-corrected chi connectivity index (χ2v) is 4.22. The second kappa shape index (κ2) is 4.53. The SMILES string of the molecule is COc1ccc(OC)c(-c2nc(C)cs2)c1. The number of rotatable bonds is 3. The summed E-state index contributed by atoms with van der Waals surface area (Å²) in [5.41, 5.74) is 1.99. The topological polar surface area (TPSA) is 31.4 Å². The average Bonchev–Trinajstić information content (AvgIpc) is 2.75. The molecule has 0 amide bonds. The van der Waals surface area contributed by atoms with Gasteiger partial charge in [-0.3, -0.25) is 0 Å². The molecule has 84 valence electrons.